The van der Waals surface area contributed by atoms with Crippen LogP contribution in [0.1, 0.15) is 56.8 Å². The molecule has 1 spiro atoms. The molecule has 0 radical (unpaired) electrons. The van der Waals surface area contributed by atoms with Gasteiger partial charge in [-0.1, -0.05) is 6.07 Å². The fraction of sp³-hybridized carbons (Fsp3) is 0.556. The van der Waals surface area contributed by atoms with Gasteiger partial charge in [-0.3, -0.25) is 4.79 Å². The summed E-state index contributed by atoms with van der Waals surface area (Å²) in [5, 5.41) is 2.90. The number of amides is 1. The Morgan fingerprint density at radius 1 is 1.05 bits per heavy atom. The van der Waals surface area contributed by atoms with Crippen LogP contribution in [-0.2, 0) is 14.8 Å². The zero-order valence-corrected chi connectivity index (χ0v) is 22.9. The van der Waals surface area contributed by atoms with E-state index >= 15 is 0 Å². The highest BCUT2D eigenvalue weighted by atomic mass is 32.2. The van der Waals surface area contributed by atoms with Crippen molar-refractivity contribution in [3.05, 3.63) is 42.0 Å². The number of carbonyl (C=O) groups is 1. The lowest BCUT2D eigenvalue weighted by molar-refractivity contribution is 0.0783. The minimum atomic E-state index is -3.73. The number of anilines is 3. The van der Waals surface area contributed by atoms with Gasteiger partial charge in [0.05, 0.1) is 16.6 Å². The number of hydrogen-bond acceptors (Lipinski definition) is 7. The third-order valence-corrected chi connectivity index (χ3v) is 9.29. The number of carbonyl (C=O) groups excluding carboxylic acids is 1. The van der Waals surface area contributed by atoms with E-state index in [2.05, 4.69) is 19.8 Å². The zero-order chi connectivity index (χ0) is 26.4. The van der Waals surface area contributed by atoms with E-state index in [1.54, 1.807) is 40.0 Å². The number of methoxy groups -OCH3 is 1. The summed E-state index contributed by atoms with van der Waals surface area (Å²) in [7, 11) is -2.01. The van der Waals surface area contributed by atoms with E-state index in [0.717, 1.165) is 44.8 Å². The molecule has 1 aromatic carbocycles. The summed E-state index contributed by atoms with van der Waals surface area (Å²) in [6.07, 6.45) is 5.05. The normalized spacial score (nSPS) is 19.6. The number of hydrogen-bond donors (Lipinski definition) is 2. The first kappa shape index (κ1) is 25.9. The maximum absolute atomic E-state index is 13.5. The van der Waals surface area contributed by atoms with Gasteiger partial charge in [0.1, 0.15) is 11.6 Å². The maximum atomic E-state index is 13.5. The van der Waals surface area contributed by atoms with Crippen LogP contribution in [0.2, 0.25) is 0 Å². The molecule has 2 saturated heterocycles. The molecule has 10 heteroatoms. The monoisotopic (exact) mass is 527 g/mol. The molecule has 1 aromatic heterocycles. The molecule has 200 valence electrons. The van der Waals surface area contributed by atoms with Crippen LogP contribution in [0.15, 0.2) is 41.3 Å². The molecule has 5 rings (SSSR count). The lowest BCUT2D eigenvalue weighted by Gasteiger charge is -2.40. The highest BCUT2D eigenvalue weighted by molar-refractivity contribution is 7.89. The Morgan fingerprint density at radius 3 is 2.38 bits per heavy atom. The number of sulfonamides is 1. The smallest absolute Gasteiger partial charge is 0.259 e. The van der Waals surface area contributed by atoms with Crippen molar-refractivity contribution in [1.82, 2.24) is 9.71 Å². The van der Waals surface area contributed by atoms with Crippen LogP contribution in [0.3, 0.4) is 0 Å². The lowest BCUT2D eigenvalue weighted by atomic mass is 9.93. The van der Waals surface area contributed by atoms with Crippen LogP contribution in [-0.4, -0.2) is 64.2 Å². The highest BCUT2D eigenvalue weighted by Gasteiger charge is 2.45. The molecule has 2 aliphatic heterocycles. The van der Waals surface area contributed by atoms with Crippen LogP contribution in [0.4, 0.5) is 17.3 Å². The molecule has 1 aliphatic carbocycles. The van der Waals surface area contributed by atoms with E-state index in [9.17, 15) is 13.2 Å². The molecule has 1 amide bonds. The summed E-state index contributed by atoms with van der Waals surface area (Å²) in [6.45, 7) is 8.68. The minimum Gasteiger partial charge on any atom is -0.378 e. The average molecular weight is 528 g/mol. The molecule has 1 saturated carbocycles. The maximum Gasteiger partial charge on any atom is 0.259 e. The Labute approximate surface area is 219 Å². The van der Waals surface area contributed by atoms with Crippen molar-refractivity contribution in [2.75, 3.05) is 48.4 Å². The van der Waals surface area contributed by atoms with Crippen molar-refractivity contribution >= 4 is 33.3 Å². The second-order valence-electron chi connectivity index (χ2n) is 11.6. The van der Waals surface area contributed by atoms with Gasteiger partial charge in [-0.2, -0.15) is 0 Å². The minimum absolute atomic E-state index is 0.102. The molecule has 3 fully saturated rings. The van der Waals surface area contributed by atoms with Crippen molar-refractivity contribution in [2.45, 2.75) is 63.0 Å². The van der Waals surface area contributed by atoms with Gasteiger partial charge in [-0.05, 0) is 82.2 Å². The van der Waals surface area contributed by atoms with E-state index in [1.165, 1.54) is 25.0 Å². The number of benzene rings is 1. The predicted molar refractivity (Wildman–Crippen MR) is 145 cm³/mol. The summed E-state index contributed by atoms with van der Waals surface area (Å²) in [4.78, 5) is 22.9. The summed E-state index contributed by atoms with van der Waals surface area (Å²) in [6, 6.07) is 10.0. The first-order valence-electron chi connectivity index (χ1n) is 13.0. The largest absolute Gasteiger partial charge is 0.378 e. The fourth-order valence-electron chi connectivity index (χ4n) is 5.08. The molecule has 9 nitrogen and oxygen atoms in total. The van der Waals surface area contributed by atoms with Crippen molar-refractivity contribution in [3.63, 3.8) is 0 Å². The van der Waals surface area contributed by atoms with Gasteiger partial charge in [-0.25, -0.2) is 18.1 Å². The Hall–Kier alpha value is -2.69. The number of piperidine rings is 1. The first-order chi connectivity index (χ1) is 17.5. The highest BCUT2D eigenvalue weighted by Crippen LogP contribution is 2.54. The Kier molecular flexibility index (Phi) is 6.70. The number of nitrogens with one attached hydrogen (secondary N) is 2. The van der Waals surface area contributed by atoms with E-state index in [0.29, 0.717) is 22.5 Å². The number of aromatic nitrogens is 1. The van der Waals surface area contributed by atoms with Crippen LogP contribution >= 0.6 is 0 Å². The topological polar surface area (TPSA) is 104 Å². The van der Waals surface area contributed by atoms with Crippen LogP contribution in [0.25, 0.3) is 0 Å². The summed E-state index contributed by atoms with van der Waals surface area (Å²) < 4.78 is 33.7. The lowest BCUT2D eigenvalue weighted by Crippen LogP contribution is -2.52. The predicted octanol–water partition coefficient (Wildman–Crippen LogP) is 3.63. The van der Waals surface area contributed by atoms with Gasteiger partial charge in [0.25, 0.3) is 5.91 Å². The number of ether oxygens (including phenoxy) is 1. The van der Waals surface area contributed by atoms with E-state index in [1.807, 2.05) is 12.1 Å². The molecule has 2 aromatic rings. The van der Waals surface area contributed by atoms with Crippen LogP contribution in [0, 0.1) is 5.41 Å². The summed E-state index contributed by atoms with van der Waals surface area (Å²) >= 11 is 0. The first-order valence-corrected chi connectivity index (χ1v) is 14.4. The Bertz CT molecular complexity index is 1270. The molecular formula is C27H37N5O4S. The van der Waals surface area contributed by atoms with E-state index in [-0.39, 0.29) is 16.9 Å². The van der Waals surface area contributed by atoms with Gasteiger partial charge in [0, 0.05) is 44.5 Å². The second kappa shape index (κ2) is 9.56. The summed E-state index contributed by atoms with van der Waals surface area (Å²) in [5.41, 5.74) is 0.791. The third kappa shape index (κ3) is 5.76. The van der Waals surface area contributed by atoms with Gasteiger partial charge < -0.3 is 19.9 Å². The Balaban J connectivity index is 1.38. The number of rotatable bonds is 7. The molecular weight excluding hydrogens is 490 g/mol. The SMILES string of the molecule is COC1CN(c2ccc(C(=O)Nc3cccc(S(=O)(=O)NC(C)(C)C)c3)c(N3CCC4(CC3)CC4)n2)C1. The van der Waals surface area contributed by atoms with Gasteiger partial charge >= 0.3 is 0 Å². The van der Waals surface area contributed by atoms with Gasteiger partial charge in [-0.15, -0.1) is 0 Å². The molecule has 0 atom stereocenters. The number of nitrogens with zero attached hydrogens (tertiary/aromatic N) is 3. The molecule has 3 aliphatic rings. The van der Waals surface area contributed by atoms with Crippen LogP contribution in [0.5, 0.6) is 0 Å². The van der Waals surface area contributed by atoms with Crippen molar-refractivity contribution < 1.29 is 17.9 Å². The Morgan fingerprint density at radius 2 is 1.76 bits per heavy atom. The zero-order valence-electron chi connectivity index (χ0n) is 22.1. The fourth-order valence-corrected chi connectivity index (χ4v) is 6.54. The van der Waals surface area contributed by atoms with Crippen molar-refractivity contribution in [3.8, 4) is 0 Å². The third-order valence-electron chi connectivity index (χ3n) is 7.53. The van der Waals surface area contributed by atoms with Crippen LogP contribution < -0.4 is 19.8 Å². The molecule has 2 N–H and O–H groups in total. The molecule has 0 unspecified atom stereocenters. The van der Waals surface area contributed by atoms with Gasteiger partial charge in [0.15, 0.2) is 0 Å². The standard InChI is InChI=1S/C27H37N5O4S/c1-26(2,3)30-37(34,35)21-7-5-6-19(16-21)28-25(33)22-8-9-23(32-17-20(18-32)36-4)29-24(22)31-14-12-27(10-11-27)13-15-31/h5-9,16,20,30H,10-15,17-18H2,1-4H3,(H,28,33). The molecule has 37 heavy (non-hydrogen) atoms. The van der Waals surface area contributed by atoms with Crippen molar-refractivity contribution in [2.24, 2.45) is 5.41 Å². The average Bonchev–Trinajstić information content (AvgIpc) is 3.56. The molecule has 0 bridgehead atoms. The molecule has 3 heterocycles. The van der Waals surface area contributed by atoms with Crippen molar-refractivity contribution in [1.29, 1.82) is 0 Å². The van der Waals surface area contributed by atoms with E-state index in [4.69, 9.17) is 9.72 Å². The van der Waals surface area contributed by atoms with E-state index < -0.39 is 15.6 Å². The quantitative estimate of drug-likeness (QED) is 0.567. The van der Waals surface area contributed by atoms with Gasteiger partial charge in [0.2, 0.25) is 10.0 Å². The number of pyridine rings is 1. The second-order valence-corrected chi connectivity index (χ2v) is 13.3. The summed E-state index contributed by atoms with van der Waals surface area (Å²) in [5.74, 6) is 1.22.